The first-order valence-electron chi connectivity index (χ1n) is 7.50. The Labute approximate surface area is 130 Å². The molecule has 1 aromatic heterocycles. The summed E-state index contributed by atoms with van der Waals surface area (Å²) >= 11 is 1.66. The van der Waals surface area contributed by atoms with E-state index in [2.05, 4.69) is 19.2 Å². The summed E-state index contributed by atoms with van der Waals surface area (Å²) in [4.78, 5) is 1.18. The predicted octanol–water partition coefficient (Wildman–Crippen LogP) is 4.71. The molecule has 0 saturated carbocycles. The minimum atomic E-state index is -0.152. The number of thiophene rings is 1. The van der Waals surface area contributed by atoms with Gasteiger partial charge in [0.25, 0.3) is 0 Å². The van der Waals surface area contributed by atoms with E-state index in [4.69, 9.17) is 4.74 Å². The fraction of sp³-hybridized carbons (Fsp3) is 0.529. The number of rotatable bonds is 7. The van der Waals surface area contributed by atoms with E-state index in [1.165, 1.54) is 10.9 Å². The molecule has 2 rings (SSSR count). The highest BCUT2D eigenvalue weighted by atomic mass is 32.1. The molecule has 4 heteroatoms. The van der Waals surface area contributed by atoms with Crippen molar-refractivity contribution in [3.8, 4) is 0 Å². The minimum Gasteiger partial charge on any atom is -0.374 e. The van der Waals surface area contributed by atoms with Crippen LogP contribution in [-0.2, 0) is 17.9 Å². The fourth-order valence-corrected chi connectivity index (χ4v) is 3.43. The molecule has 1 aromatic carbocycles. The van der Waals surface area contributed by atoms with Gasteiger partial charge in [0.2, 0.25) is 0 Å². The number of nitrogens with one attached hydrogen (secondary N) is 1. The maximum Gasteiger partial charge on any atom is 0.132 e. The summed E-state index contributed by atoms with van der Waals surface area (Å²) < 4.78 is 20.9. The van der Waals surface area contributed by atoms with Gasteiger partial charge < -0.3 is 10.1 Å². The molecule has 0 aliphatic carbocycles. The van der Waals surface area contributed by atoms with Crippen LogP contribution in [-0.4, -0.2) is 12.6 Å². The van der Waals surface area contributed by atoms with Crippen LogP contribution in [0.4, 0.5) is 4.39 Å². The van der Waals surface area contributed by atoms with Gasteiger partial charge in [-0.15, -0.1) is 11.3 Å². The summed E-state index contributed by atoms with van der Waals surface area (Å²) in [5.41, 5.74) is 0.998. The molecule has 0 saturated heterocycles. The molecule has 0 spiro atoms. The van der Waals surface area contributed by atoms with E-state index < -0.39 is 0 Å². The highest BCUT2D eigenvalue weighted by Gasteiger charge is 2.16. The number of fused-ring (bicyclic) bond motifs is 1. The van der Waals surface area contributed by atoms with Gasteiger partial charge in [0.05, 0.1) is 12.7 Å². The van der Waals surface area contributed by atoms with Crippen LogP contribution in [0.15, 0.2) is 18.2 Å². The maximum atomic E-state index is 14.2. The first-order chi connectivity index (χ1) is 9.99. The Morgan fingerprint density at radius 2 is 2.00 bits per heavy atom. The van der Waals surface area contributed by atoms with Crippen LogP contribution in [0.2, 0.25) is 0 Å². The van der Waals surface area contributed by atoms with Gasteiger partial charge in [0.15, 0.2) is 0 Å². The molecule has 0 aliphatic heterocycles. The van der Waals surface area contributed by atoms with Gasteiger partial charge in [-0.3, -0.25) is 0 Å². The lowest BCUT2D eigenvalue weighted by Crippen LogP contribution is -2.19. The van der Waals surface area contributed by atoms with Crippen molar-refractivity contribution >= 4 is 21.4 Å². The number of benzene rings is 1. The molecule has 2 aromatic rings. The lowest BCUT2D eigenvalue weighted by atomic mass is 10.1. The van der Waals surface area contributed by atoms with E-state index in [0.29, 0.717) is 12.5 Å². The molecule has 0 radical (unpaired) electrons. The summed E-state index contributed by atoms with van der Waals surface area (Å²) in [7, 11) is 0. The molecule has 1 N–H and O–H groups in total. The molecule has 2 nitrogen and oxygen atoms in total. The highest BCUT2D eigenvalue weighted by molar-refractivity contribution is 7.19. The second-order valence-corrected chi connectivity index (χ2v) is 7.14. The van der Waals surface area contributed by atoms with E-state index in [-0.39, 0.29) is 11.9 Å². The van der Waals surface area contributed by atoms with Crippen LogP contribution < -0.4 is 5.32 Å². The first kappa shape index (κ1) is 16.4. The van der Waals surface area contributed by atoms with Gasteiger partial charge in [0, 0.05) is 27.1 Å². The lowest BCUT2D eigenvalue weighted by Gasteiger charge is -2.11. The highest BCUT2D eigenvalue weighted by Crippen LogP contribution is 2.34. The van der Waals surface area contributed by atoms with E-state index in [1.54, 1.807) is 17.4 Å². The van der Waals surface area contributed by atoms with Crippen molar-refractivity contribution in [3.05, 3.63) is 34.5 Å². The topological polar surface area (TPSA) is 21.3 Å². The largest absolute Gasteiger partial charge is 0.374 e. The Morgan fingerprint density at radius 3 is 2.67 bits per heavy atom. The summed E-state index contributed by atoms with van der Waals surface area (Å²) in [6, 6.07) is 5.28. The van der Waals surface area contributed by atoms with Crippen molar-refractivity contribution in [2.45, 2.75) is 47.0 Å². The van der Waals surface area contributed by atoms with Crippen LogP contribution >= 0.6 is 11.3 Å². The molecule has 0 amide bonds. The smallest absolute Gasteiger partial charge is 0.132 e. The fourth-order valence-electron chi connectivity index (χ4n) is 2.24. The predicted molar refractivity (Wildman–Crippen MR) is 88.3 cm³/mol. The zero-order chi connectivity index (χ0) is 15.4. The van der Waals surface area contributed by atoms with Crippen LogP contribution in [0.5, 0.6) is 0 Å². The average molecular weight is 309 g/mol. The third-order valence-corrected chi connectivity index (χ3v) is 4.44. The minimum absolute atomic E-state index is 0.142. The van der Waals surface area contributed by atoms with Crippen LogP contribution in [0.25, 0.3) is 10.1 Å². The summed E-state index contributed by atoms with van der Waals surface area (Å²) in [5, 5.41) is 4.17. The van der Waals surface area contributed by atoms with E-state index >= 15 is 0 Å². The van der Waals surface area contributed by atoms with Gasteiger partial charge in [-0.05, 0) is 38.4 Å². The summed E-state index contributed by atoms with van der Waals surface area (Å²) in [6.45, 7) is 10.6. The quantitative estimate of drug-likeness (QED) is 0.799. The Morgan fingerprint density at radius 1 is 1.24 bits per heavy atom. The Balaban J connectivity index is 2.29. The Bertz CT molecular complexity index is 592. The normalized spacial score (nSPS) is 12.0. The SMILES string of the molecule is CC(C)CNCc1sc2cccc(F)c2c1COC(C)C. The van der Waals surface area contributed by atoms with Gasteiger partial charge in [-0.1, -0.05) is 19.9 Å². The summed E-state index contributed by atoms with van der Waals surface area (Å²) in [5.74, 6) is 0.452. The van der Waals surface area contributed by atoms with E-state index in [9.17, 15) is 4.39 Å². The van der Waals surface area contributed by atoms with Gasteiger partial charge >= 0.3 is 0 Å². The molecule has 21 heavy (non-hydrogen) atoms. The zero-order valence-electron chi connectivity index (χ0n) is 13.2. The molecule has 1 heterocycles. The number of hydrogen-bond acceptors (Lipinski definition) is 3. The molecule has 0 unspecified atom stereocenters. The maximum absolute atomic E-state index is 14.2. The van der Waals surface area contributed by atoms with Gasteiger partial charge in [0.1, 0.15) is 5.82 Å². The third kappa shape index (κ3) is 4.25. The van der Waals surface area contributed by atoms with Crippen molar-refractivity contribution in [2.24, 2.45) is 5.92 Å². The second-order valence-electron chi connectivity index (χ2n) is 6.00. The van der Waals surface area contributed by atoms with Crippen molar-refractivity contribution in [1.29, 1.82) is 0 Å². The summed E-state index contributed by atoms with van der Waals surface area (Å²) in [6.07, 6.45) is 0.142. The lowest BCUT2D eigenvalue weighted by molar-refractivity contribution is 0.0661. The van der Waals surface area contributed by atoms with Crippen LogP contribution in [0, 0.1) is 11.7 Å². The molecule has 116 valence electrons. The molecular formula is C17H24FNOS. The molecule has 0 bridgehead atoms. The monoisotopic (exact) mass is 309 g/mol. The molecule has 0 aliphatic rings. The third-order valence-electron chi connectivity index (χ3n) is 3.25. The first-order valence-corrected chi connectivity index (χ1v) is 8.31. The second kappa shape index (κ2) is 7.34. The van der Waals surface area contributed by atoms with Crippen molar-refractivity contribution < 1.29 is 9.13 Å². The zero-order valence-corrected chi connectivity index (χ0v) is 14.0. The molecule has 0 fully saturated rings. The van der Waals surface area contributed by atoms with E-state index in [0.717, 1.165) is 28.7 Å². The number of ether oxygens (including phenoxy) is 1. The van der Waals surface area contributed by atoms with Crippen molar-refractivity contribution in [2.75, 3.05) is 6.54 Å². The van der Waals surface area contributed by atoms with Crippen molar-refractivity contribution in [3.63, 3.8) is 0 Å². The van der Waals surface area contributed by atoms with Crippen molar-refractivity contribution in [1.82, 2.24) is 5.32 Å². The molecule has 0 atom stereocenters. The van der Waals surface area contributed by atoms with Gasteiger partial charge in [-0.25, -0.2) is 4.39 Å². The van der Waals surface area contributed by atoms with Crippen LogP contribution in [0.1, 0.15) is 38.1 Å². The Hall–Kier alpha value is -0.970. The molecular weight excluding hydrogens is 285 g/mol. The standard InChI is InChI=1S/C17H24FNOS/c1-11(2)8-19-9-16-13(10-20-12(3)4)17-14(18)6-5-7-15(17)21-16/h5-7,11-12,19H,8-10H2,1-4H3. The number of halogens is 1. The van der Waals surface area contributed by atoms with Crippen LogP contribution in [0.3, 0.4) is 0 Å². The van der Waals surface area contributed by atoms with E-state index in [1.807, 2.05) is 19.9 Å². The number of hydrogen-bond donors (Lipinski definition) is 1. The average Bonchev–Trinajstić information content (AvgIpc) is 2.75. The van der Waals surface area contributed by atoms with Gasteiger partial charge in [-0.2, -0.15) is 0 Å². The Kier molecular flexibility index (Phi) is 5.73.